The molecular formula is C21H23N2O5+. The van der Waals surface area contributed by atoms with E-state index in [1.165, 1.54) is 23.1 Å². The Morgan fingerprint density at radius 2 is 2.04 bits per heavy atom. The lowest BCUT2D eigenvalue weighted by Crippen LogP contribution is -3.12. The highest BCUT2D eigenvalue weighted by Gasteiger charge is 2.18. The van der Waals surface area contributed by atoms with Crippen LogP contribution in [-0.2, 0) is 11.3 Å². The summed E-state index contributed by atoms with van der Waals surface area (Å²) in [5, 5.41) is 10.9. The number of morpholine rings is 1. The first kappa shape index (κ1) is 19.7. The minimum absolute atomic E-state index is 0.00480. The standard InChI is InChI=1S/C21H22N2O5/c1-27-21-8-6-17(14-18(21)15-22-9-11-28-12-10-22)20(24)7-5-16-3-2-4-19(13-16)23(25)26/h2-8,13-14H,9-12,15H2,1H3/p+1/b7-5+. The van der Waals surface area contributed by atoms with E-state index in [-0.39, 0.29) is 11.5 Å². The minimum atomic E-state index is -0.455. The first-order valence-corrected chi connectivity index (χ1v) is 9.12. The van der Waals surface area contributed by atoms with Crippen LogP contribution in [0.25, 0.3) is 6.08 Å². The van der Waals surface area contributed by atoms with Crippen molar-refractivity contribution >= 4 is 17.5 Å². The molecule has 0 saturated carbocycles. The van der Waals surface area contributed by atoms with Crippen molar-refractivity contribution < 1.29 is 24.1 Å². The van der Waals surface area contributed by atoms with Crippen LogP contribution in [0.3, 0.4) is 0 Å². The second-order valence-corrected chi connectivity index (χ2v) is 6.62. The molecule has 1 aliphatic rings. The summed E-state index contributed by atoms with van der Waals surface area (Å²) in [6, 6.07) is 11.6. The third-order valence-electron chi connectivity index (χ3n) is 4.71. The van der Waals surface area contributed by atoms with Crippen molar-refractivity contribution in [3.8, 4) is 5.75 Å². The van der Waals surface area contributed by atoms with Gasteiger partial charge in [-0.2, -0.15) is 0 Å². The molecule has 2 aromatic carbocycles. The third kappa shape index (κ3) is 5.03. The van der Waals surface area contributed by atoms with E-state index in [1.54, 1.807) is 31.4 Å². The Hall–Kier alpha value is -3.03. The van der Waals surface area contributed by atoms with Gasteiger partial charge in [-0.15, -0.1) is 0 Å². The molecule has 1 N–H and O–H groups in total. The molecule has 146 valence electrons. The number of carbonyl (C=O) groups excluding carboxylic acids is 1. The zero-order chi connectivity index (χ0) is 19.9. The molecule has 1 saturated heterocycles. The summed E-state index contributed by atoms with van der Waals surface area (Å²) in [4.78, 5) is 24.4. The fourth-order valence-corrected chi connectivity index (χ4v) is 3.19. The number of hydrogen-bond acceptors (Lipinski definition) is 5. The summed E-state index contributed by atoms with van der Waals surface area (Å²) in [5.74, 6) is 0.602. The molecule has 7 heteroatoms. The van der Waals surface area contributed by atoms with Crippen LogP contribution in [0.5, 0.6) is 5.75 Å². The second kappa shape index (κ2) is 9.25. The van der Waals surface area contributed by atoms with Crippen LogP contribution < -0.4 is 9.64 Å². The second-order valence-electron chi connectivity index (χ2n) is 6.62. The number of benzene rings is 2. The van der Waals surface area contributed by atoms with Crippen LogP contribution in [0.4, 0.5) is 5.69 Å². The normalized spacial score (nSPS) is 14.9. The van der Waals surface area contributed by atoms with E-state index < -0.39 is 4.92 Å². The van der Waals surface area contributed by atoms with Gasteiger partial charge in [-0.3, -0.25) is 14.9 Å². The number of nitro benzene ring substituents is 1. The van der Waals surface area contributed by atoms with Gasteiger partial charge in [0, 0.05) is 23.3 Å². The maximum Gasteiger partial charge on any atom is 0.270 e. The molecule has 0 aromatic heterocycles. The fourth-order valence-electron chi connectivity index (χ4n) is 3.19. The summed E-state index contributed by atoms with van der Waals surface area (Å²) in [5.41, 5.74) is 2.14. The number of ketones is 1. The van der Waals surface area contributed by atoms with Gasteiger partial charge < -0.3 is 14.4 Å². The molecule has 1 heterocycles. The van der Waals surface area contributed by atoms with Crippen LogP contribution in [0, 0.1) is 10.1 Å². The van der Waals surface area contributed by atoms with Gasteiger partial charge in [0.2, 0.25) is 0 Å². The predicted molar refractivity (Wildman–Crippen MR) is 105 cm³/mol. The van der Waals surface area contributed by atoms with Crippen LogP contribution in [0.2, 0.25) is 0 Å². The molecule has 0 spiro atoms. The number of non-ortho nitro benzene ring substituents is 1. The van der Waals surface area contributed by atoms with Crippen LogP contribution in [0.1, 0.15) is 21.5 Å². The van der Waals surface area contributed by atoms with E-state index in [4.69, 9.17) is 9.47 Å². The quantitative estimate of drug-likeness (QED) is 0.342. The van der Waals surface area contributed by atoms with Gasteiger partial charge in [-0.25, -0.2) is 0 Å². The van der Waals surface area contributed by atoms with Crippen molar-refractivity contribution in [2.24, 2.45) is 0 Å². The highest BCUT2D eigenvalue weighted by molar-refractivity contribution is 6.07. The first-order chi connectivity index (χ1) is 13.6. The van der Waals surface area contributed by atoms with Gasteiger partial charge in [0.25, 0.3) is 5.69 Å². The van der Waals surface area contributed by atoms with Crippen LogP contribution >= 0.6 is 0 Å². The largest absolute Gasteiger partial charge is 0.496 e. The Kier molecular flexibility index (Phi) is 6.52. The summed E-state index contributed by atoms with van der Waals surface area (Å²) in [6.45, 7) is 4.09. The Balaban J connectivity index is 1.76. The summed E-state index contributed by atoms with van der Waals surface area (Å²) in [7, 11) is 1.62. The number of quaternary nitrogens is 1. The molecule has 2 aromatic rings. The number of nitrogens with zero attached hydrogens (tertiary/aromatic N) is 1. The van der Waals surface area contributed by atoms with Crippen molar-refractivity contribution in [1.29, 1.82) is 0 Å². The van der Waals surface area contributed by atoms with Crippen LogP contribution in [0.15, 0.2) is 48.5 Å². The number of nitro groups is 1. The molecule has 0 amide bonds. The molecule has 1 aliphatic heterocycles. The van der Waals surface area contributed by atoms with E-state index in [1.807, 2.05) is 12.1 Å². The highest BCUT2D eigenvalue weighted by Crippen LogP contribution is 2.20. The van der Waals surface area contributed by atoms with Crippen molar-refractivity contribution in [3.63, 3.8) is 0 Å². The monoisotopic (exact) mass is 383 g/mol. The summed E-state index contributed by atoms with van der Waals surface area (Å²) < 4.78 is 10.8. The van der Waals surface area contributed by atoms with Crippen LogP contribution in [-0.4, -0.2) is 44.1 Å². The number of ether oxygens (including phenoxy) is 2. The van der Waals surface area contributed by atoms with Crippen molar-refractivity contribution in [1.82, 2.24) is 0 Å². The smallest absolute Gasteiger partial charge is 0.270 e. The van der Waals surface area contributed by atoms with E-state index >= 15 is 0 Å². The Bertz CT molecular complexity index is 888. The lowest BCUT2D eigenvalue weighted by atomic mass is 10.0. The first-order valence-electron chi connectivity index (χ1n) is 9.12. The average molecular weight is 383 g/mol. The number of allylic oxidation sites excluding steroid dienone is 1. The van der Waals surface area contributed by atoms with Crippen molar-refractivity contribution in [2.45, 2.75) is 6.54 Å². The zero-order valence-electron chi connectivity index (χ0n) is 15.7. The molecule has 3 rings (SSSR count). The molecular weight excluding hydrogens is 360 g/mol. The lowest BCUT2D eigenvalue weighted by Gasteiger charge is -2.24. The maximum absolute atomic E-state index is 12.6. The van der Waals surface area contributed by atoms with Crippen molar-refractivity contribution in [2.75, 3.05) is 33.4 Å². The van der Waals surface area contributed by atoms with E-state index in [9.17, 15) is 14.9 Å². The van der Waals surface area contributed by atoms with Gasteiger partial charge in [-0.1, -0.05) is 18.2 Å². The molecule has 0 aliphatic carbocycles. The topological polar surface area (TPSA) is 83.1 Å². The van der Waals surface area contributed by atoms with E-state index in [0.29, 0.717) is 11.1 Å². The minimum Gasteiger partial charge on any atom is -0.496 e. The SMILES string of the molecule is COc1ccc(C(=O)/C=C/c2cccc([N+](=O)[O-])c2)cc1C[NH+]1CCOCC1. The highest BCUT2D eigenvalue weighted by atomic mass is 16.6. The molecule has 0 bridgehead atoms. The Morgan fingerprint density at radius 1 is 1.25 bits per heavy atom. The predicted octanol–water partition coefficient (Wildman–Crippen LogP) is 1.91. The summed E-state index contributed by atoms with van der Waals surface area (Å²) >= 11 is 0. The van der Waals surface area contributed by atoms with Gasteiger partial charge in [0.15, 0.2) is 5.78 Å². The lowest BCUT2D eigenvalue weighted by molar-refractivity contribution is -0.921. The molecule has 1 fully saturated rings. The maximum atomic E-state index is 12.6. The van der Waals surface area contributed by atoms with E-state index in [2.05, 4.69) is 0 Å². The third-order valence-corrected chi connectivity index (χ3v) is 4.71. The molecule has 0 radical (unpaired) electrons. The van der Waals surface area contributed by atoms with Gasteiger partial charge >= 0.3 is 0 Å². The molecule has 28 heavy (non-hydrogen) atoms. The molecule has 7 nitrogen and oxygen atoms in total. The number of hydrogen-bond donors (Lipinski definition) is 1. The zero-order valence-corrected chi connectivity index (χ0v) is 15.7. The molecule has 0 unspecified atom stereocenters. The van der Waals surface area contributed by atoms with Gasteiger partial charge in [-0.05, 0) is 29.8 Å². The number of nitrogens with one attached hydrogen (secondary N) is 1. The van der Waals surface area contributed by atoms with E-state index in [0.717, 1.165) is 44.2 Å². The molecule has 0 atom stereocenters. The van der Waals surface area contributed by atoms with Gasteiger partial charge in [0.05, 0.1) is 25.2 Å². The average Bonchev–Trinajstić information content (AvgIpc) is 2.73. The van der Waals surface area contributed by atoms with Gasteiger partial charge in [0.1, 0.15) is 25.4 Å². The summed E-state index contributed by atoms with van der Waals surface area (Å²) in [6.07, 6.45) is 3.03. The number of methoxy groups -OCH3 is 1. The number of rotatable bonds is 7. The number of carbonyl (C=O) groups is 1. The Morgan fingerprint density at radius 3 is 2.75 bits per heavy atom. The fraction of sp³-hybridized carbons (Fsp3) is 0.286. The van der Waals surface area contributed by atoms with Crippen molar-refractivity contribution in [3.05, 3.63) is 75.3 Å². The Labute approximate surface area is 163 Å².